The topological polar surface area (TPSA) is 26.3 Å². The molecular weight excluding hydrogens is 236 g/mol. The lowest BCUT2D eigenvalue weighted by molar-refractivity contribution is -0.138. The molecule has 0 aromatic carbocycles. The highest BCUT2D eigenvalue weighted by Crippen LogP contribution is 2.16. The van der Waals surface area contributed by atoms with E-state index in [0.717, 1.165) is 24.0 Å². The monoisotopic (exact) mass is 268 g/mol. The van der Waals surface area contributed by atoms with Crippen LogP contribution in [0.3, 0.4) is 0 Å². The Hall–Kier alpha value is -0.790. The van der Waals surface area contributed by atoms with Crippen LogP contribution in [0.5, 0.6) is 0 Å². The van der Waals surface area contributed by atoms with Gasteiger partial charge in [0.15, 0.2) is 0 Å². The fourth-order valence-corrected chi connectivity index (χ4v) is 2.21. The summed E-state index contributed by atoms with van der Waals surface area (Å²) in [5, 5.41) is 0. The maximum absolute atomic E-state index is 11.7. The summed E-state index contributed by atoms with van der Waals surface area (Å²) < 4.78 is 5.09. The van der Waals surface area contributed by atoms with Crippen molar-refractivity contribution in [1.29, 1.82) is 0 Å². The number of ether oxygens (including phenoxy) is 1. The Labute approximate surface area is 119 Å². The van der Waals surface area contributed by atoms with Gasteiger partial charge in [-0.1, -0.05) is 57.4 Å². The van der Waals surface area contributed by atoms with Crippen molar-refractivity contribution >= 4 is 5.97 Å². The molecule has 0 aliphatic carbocycles. The quantitative estimate of drug-likeness (QED) is 0.284. The van der Waals surface area contributed by atoms with Crippen LogP contribution in [-0.4, -0.2) is 12.6 Å². The summed E-state index contributed by atoms with van der Waals surface area (Å²) in [6.45, 7) is 8.56. The van der Waals surface area contributed by atoms with Crippen molar-refractivity contribution in [2.75, 3.05) is 6.61 Å². The summed E-state index contributed by atoms with van der Waals surface area (Å²) in [5.41, 5.74) is 1.98. The molecule has 2 heteroatoms. The summed E-state index contributed by atoms with van der Waals surface area (Å²) in [7, 11) is 0. The van der Waals surface area contributed by atoms with E-state index in [1.165, 1.54) is 44.9 Å². The highest BCUT2D eigenvalue weighted by molar-refractivity contribution is 5.89. The molecule has 0 fully saturated rings. The summed E-state index contributed by atoms with van der Waals surface area (Å²) in [6.07, 6.45) is 11.2. The summed E-state index contributed by atoms with van der Waals surface area (Å²) in [4.78, 5) is 11.7. The van der Waals surface area contributed by atoms with Gasteiger partial charge in [0.05, 0.1) is 6.61 Å². The van der Waals surface area contributed by atoms with Crippen LogP contribution in [0.25, 0.3) is 0 Å². The van der Waals surface area contributed by atoms with Gasteiger partial charge in [-0.25, -0.2) is 4.79 Å². The van der Waals surface area contributed by atoms with E-state index in [1.54, 1.807) is 0 Å². The van der Waals surface area contributed by atoms with Crippen molar-refractivity contribution < 1.29 is 9.53 Å². The van der Waals surface area contributed by atoms with Crippen molar-refractivity contribution in [1.82, 2.24) is 0 Å². The summed E-state index contributed by atoms with van der Waals surface area (Å²) >= 11 is 0. The maximum atomic E-state index is 11.7. The third kappa shape index (κ3) is 9.75. The van der Waals surface area contributed by atoms with E-state index >= 15 is 0 Å². The number of allylic oxidation sites excluding steroid dienone is 1. The number of hydrogen-bond acceptors (Lipinski definition) is 2. The average molecular weight is 268 g/mol. The number of esters is 1. The van der Waals surface area contributed by atoms with Crippen LogP contribution in [0.15, 0.2) is 11.1 Å². The Morgan fingerprint density at radius 1 is 0.842 bits per heavy atom. The molecule has 0 aromatic rings. The van der Waals surface area contributed by atoms with Crippen LogP contribution >= 0.6 is 0 Å². The van der Waals surface area contributed by atoms with Crippen molar-refractivity contribution in [2.24, 2.45) is 0 Å². The molecule has 0 rings (SSSR count). The third-order valence-corrected chi connectivity index (χ3v) is 3.41. The number of carbonyl (C=O) groups excluding carboxylic acids is 1. The number of rotatable bonds is 11. The average Bonchev–Trinajstić information content (AvgIpc) is 2.36. The molecular formula is C17H32O2. The molecule has 2 nitrogen and oxygen atoms in total. The lowest BCUT2D eigenvalue weighted by atomic mass is 10.0. The van der Waals surface area contributed by atoms with E-state index in [9.17, 15) is 4.79 Å². The predicted molar refractivity (Wildman–Crippen MR) is 82.2 cm³/mol. The van der Waals surface area contributed by atoms with Crippen molar-refractivity contribution in [3.05, 3.63) is 11.1 Å². The van der Waals surface area contributed by atoms with E-state index in [-0.39, 0.29) is 5.97 Å². The Bertz CT molecular complexity index is 262. The molecule has 0 saturated heterocycles. The normalized spacial score (nSPS) is 10.3. The van der Waals surface area contributed by atoms with Crippen LogP contribution in [0.4, 0.5) is 0 Å². The highest BCUT2D eigenvalue weighted by atomic mass is 16.5. The van der Waals surface area contributed by atoms with Crippen LogP contribution in [0.1, 0.15) is 85.5 Å². The van der Waals surface area contributed by atoms with Gasteiger partial charge in [0.2, 0.25) is 0 Å². The first-order valence-corrected chi connectivity index (χ1v) is 7.96. The van der Waals surface area contributed by atoms with Gasteiger partial charge in [-0.15, -0.1) is 0 Å². The van der Waals surface area contributed by atoms with Crippen LogP contribution < -0.4 is 0 Å². The molecule has 0 radical (unpaired) electrons. The molecule has 19 heavy (non-hydrogen) atoms. The standard InChI is InChI=1S/C17H32O2/c1-5-7-8-9-10-11-12-13-14-16(15(3)4)17(18)19-6-2/h5-14H2,1-4H3. The summed E-state index contributed by atoms with van der Waals surface area (Å²) in [6, 6.07) is 0. The van der Waals surface area contributed by atoms with E-state index in [4.69, 9.17) is 4.74 Å². The van der Waals surface area contributed by atoms with E-state index < -0.39 is 0 Å². The zero-order valence-corrected chi connectivity index (χ0v) is 13.4. The molecule has 0 bridgehead atoms. The van der Waals surface area contributed by atoms with Gasteiger partial charge in [0.1, 0.15) is 0 Å². The molecule has 0 heterocycles. The second-order valence-corrected chi connectivity index (χ2v) is 5.42. The molecule has 0 saturated carbocycles. The van der Waals surface area contributed by atoms with Gasteiger partial charge in [-0.2, -0.15) is 0 Å². The van der Waals surface area contributed by atoms with Gasteiger partial charge in [0, 0.05) is 5.57 Å². The molecule has 0 aliphatic heterocycles. The first-order chi connectivity index (χ1) is 9.13. The molecule has 0 aromatic heterocycles. The molecule has 0 atom stereocenters. The van der Waals surface area contributed by atoms with Crippen LogP contribution in [-0.2, 0) is 9.53 Å². The van der Waals surface area contributed by atoms with E-state index in [1.807, 2.05) is 20.8 Å². The SMILES string of the molecule is CCCCCCCCCCC(C(=O)OCC)=C(C)C. The first kappa shape index (κ1) is 18.2. The smallest absolute Gasteiger partial charge is 0.333 e. The lowest BCUT2D eigenvalue weighted by Crippen LogP contribution is -2.09. The van der Waals surface area contributed by atoms with Gasteiger partial charge >= 0.3 is 5.97 Å². The molecule has 0 N–H and O–H groups in total. The Balaban J connectivity index is 3.72. The fraction of sp³-hybridized carbons (Fsp3) is 0.824. The molecule has 0 spiro atoms. The van der Waals surface area contributed by atoms with E-state index in [2.05, 4.69) is 6.92 Å². The van der Waals surface area contributed by atoms with Crippen LogP contribution in [0, 0.1) is 0 Å². The predicted octanol–water partition coefficient (Wildman–Crippen LogP) is 5.42. The molecule has 0 amide bonds. The second kappa shape index (κ2) is 12.3. The second-order valence-electron chi connectivity index (χ2n) is 5.42. The summed E-state index contributed by atoms with van der Waals surface area (Å²) in [5.74, 6) is -0.120. The number of hydrogen-bond donors (Lipinski definition) is 0. The zero-order chi connectivity index (χ0) is 14.5. The van der Waals surface area contributed by atoms with Crippen molar-refractivity contribution in [2.45, 2.75) is 85.5 Å². The minimum absolute atomic E-state index is 0.120. The zero-order valence-electron chi connectivity index (χ0n) is 13.4. The minimum Gasteiger partial charge on any atom is -0.463 e. The third-order valence-electron chi connectivity index (χ3n) is 3.41. The van der Waals surface area contributed by atoms with Crippen LogP contribution in [0.2, 0.25) is 0 Å². The van der Waals surface area contributed by atoms with Crippen molar-refractivity contribution in [3.8, 4) is 0 Å². The molecule has 0 unspecified atom stereocenters. The first-order valence-electron chi connectivity index (χ1n) is 7.96. The van der Waals surface area contributed by atoms with Gasteiger partial charge in [-0.3, -0.25) is 0 Å². The number of carbonyl (C=O) groups is 1. The fourth-order valence-electron chi connectivity index (χ4n) is 2.21. The highest BCUT2D eigenvalue weighted by Gasteiger charge is 2.11. The molecule has 0 aliphatic rings. The number of unbranched alkanes of at least 4 members (excludes halogenated alkanes) is 7. The van der Waals surface area contributed by atoms with Gasteiger partial charge < -0.3 is 4.74 Å². The lowest BCUT2D eigenvalue weighted by Gasteiger charge is -2.09. The molecule has 112 valence electrons. The Morgan fingerprint density at radius 2 is 1.37 bits per heavy atom. The Kier molecular flexibility index (Phi) is 11.7. The van der Waals surface area contributed by atoms with Gasteiger partial charge in [0.25, 0.3) is 0 Å². The van der Waals surface area contributed by atoms with Crippen molar-refractivity contribution in [3.63, 3.8) is 0 Å². The van der Waals surface area contributed by atoms with Gasteiger partial charge in [-0.05, 0) is 33.6 Å². The van der Waals surface area contributed by atoms with E-state index in [0.29, 0.717) is 6.61 Å². The largest absolute Gasteiger partial charge is 0.463 e. The maximum Gasteiger partial charge on any atom is 0.333 e. The Morgan fingerprint density at radius 3 is 1.84 bits per heavy atom. The minimum atomic E-state index is -0.120.